The van der Waals surface area contributed by atoms with Gasteiger partial charge in [-0.05, 0) is 48.0 Å². The Morgan fingerprint density at radius 2 is 2.07 bits per heavy atom. The van der Waals surface area contributed by atoms with E-state index in [4.69, 9.17) is 4.74 Å². The van der Waals surface area contributed by atoms with Gasteiger partial charge >= 0.3 is 0 Å². The highest BCUT2D eigenvalue weighted by atomic mass is 32.2. The van der Waals surface area contributed by atoms with E-state index in [1.807, 2.05) is 48.5 Å². The predicted octanol–water partition coefficient (Wildman–Crippen LogP) is 3.65. The molecule has 2 N–H and O–H groups in total. The number of aromatic nitrogens is 1. The molecule has 2 amide bonds. The summed E-state index contributed by atoms with van der Waals surface area (Å²) in [7, 11) is 1.60. The van der Waals surface area contributed by atoms with Crippen LogP contribution in [0.1, 0.15) is 27.7 Å². The van der Waals surface area contributed by atoms with Crippen molar-refractivity contribution >= 4 is 29.3 Å². The number of amides is 2. The molecule has 4 rings (SSSR count). The molecule has 0 aliphatic carbocycles. The minimum Gasteiger partial charge on any atom is -0.497 e. The molecule has 1 unspecified atom stereocenters. The number of thioether (sulfide) groups is 1. The molecule has 0 spiro atoms. The number of rotatable bonds is 5. The number of fused-ring (bicyclic) bond motifs is 1. The lowest BCUT2D eigenvalue weighted by atomic mass is 10.0. The van der Waals surface area contributed by atoms with Crippen LogP contribution in [-0.4, -0.2) is 29.7 Å². The second-order valence-corrected chi connectivity index (χ2v) is 7.50. The van der Waals surface area contributed by atoms with Gasteiger partial charge in [-0.3, -0.25) is 14.6 Å². The summed E-state index contributed by atoms with van der Waals surface area (Å²) in [6.45, 7) is 0. The van der Waals surface area contributed by atoms with Crippen LogP contribution >= 0.6 is 11.8 Å². The fraction of sp³-hybridized carbons (Fsp3) is 0.136. The van der Waals surface area contributed by atoms with Crippen molar-refractivity contribution in [2.24, 2.45) is 0 Å². The van der Waals surface area contributed by atoms with Gasteiger partial charge in [0.1, 0.15) is 5.75 Å². The van der Waals surface area contributed by atoms with Crippen LogP contribution in [0.25, 0.3) is 0 Å². The average molecular weight is 405 g/mol. The number of pyridine rings is 1. The van der Waals surface area contributed by atoms with E-state index in [1.165, 1.54) is 11.8 Å². The molecule has 7 heteroatoms. The van der Waals surface area contributed by atoms with Gasteiger partial charge in [0.15, 0.2) is 0 Å². The number of carbonyl (C=O) groups is 2. The maximum Gasteiger partial charge on any atom is 0.252 e. The number of nitrogens with one attached hydrogen (secondary N) is 2. The van der Waals surface area contributed by atoms with Gasteiger partial charge in [-0.25, -0.2) is 0 Å². The summed E-state index contributed by atoms with van der Waals surface area (Å²) in [5.74, 6) is 0.765. The molecule has 1 aliphatic heterocycles. The lowest BCUT2D eigenvalue weighted by Crippen LogP contribution is -2.30. The summed E-state index contributed by atoms with van der Waals surface area (Å²) in [5.41, 5.74) is 2.71. The Hall–Kier alpha value is -3.32. The quantitative estimate of drug-likeness (QED) is 0.677. The predicted molar refractivity (Wildman–Crippen MR) is 112 cm³/mol. The largest absolute Gasteiger partial charge is 0.497 e. The number of hydrogen-bond donors (Lipinski definition) is 2. The number of benzene rings is 2. The molecule has 29 heavy (non-hydrogen) atoms. The second kappa shape index (κ2) is 8.36. The second-order valence-electron chi connectivity index (χ2n) is 6.49. The van der Waals surface area contributed by atoms with E-state index in [9.17, 15) is 9.59 Å². The van der Waals surface area contributed by atoms with Gasteiger partial charge in [0.2, 0.25) is 5.91 Å². The first-order valence-electron chi connectivity index (χ1n) is 9.06. The molecule has 0 radical (unpaired) electrons. The highest BCUT2D eigenvalue weighted by Crippen LogP contribution is 2.32. The first-order chi connectivity index (χ1) is 14.1. The summed E-state index contributed by atoms with van der Waals surface area (Å²) >= 11 is 1.46. The van der Waals surface area contributed by atoms with Crippen molar-refractivity contribution in [3.63, 3.8) is 0 Å². The molecule has 2 aromatic carbocycles. The Morgan fingerprint density at radius 3 is 2.86 bits per heavy atom. The topological polar surface area (TPSA) is 80.3 Å². The highest BCUT2D eigenvalue weighted by Gasteiger charge is 2.22. The van der Waals surface area contributed by atoms with Crippen molar-refractivity contribution in [2.75, 3.05) is 18.2 Å². The Bertz CT molecular complexity index is 1060. The van der Waals surface area contributed by atoms with Crippen LogP contribution in [0.4, 0.5) is 5.69 Å². The Balaban J connectivity index is 1.65. The minimum absolute atomic E-state index is 0.0669. The third-order valence-corrected chi connectivity index (χ3v) is 5.63. The maximum atomic E-state index is 13.0. The number of carbonyl (C=O) groups excluding carboxylic acids is 2. The van der Waals surface area contributed by atoms with Crippen molar-refractivity contribution in [3.8, 4) is 5.75 Å². The third kappa shape index (κ3) is 4.25. The van der Waals surface area contributed by atoms with Crippen molar-refractivity contribution in [2.45, 2.75) is 10.9 Å². The van der Waals surface area contributed by atoms with Crippen molar-refractivity contribution in [1.29, 1.82) is 0 Å². The Labute approximate surface area is 172 Å². The molecule has 1 aliphatic rings. The highest BCUT2D eigenvalue weighted by molar-refractivity contribution is 8.00. The molecule has 0 saturated carbocycles. The van der Waals surface area contributed by atoms with Gasteiger partial charge < -0.3 is 15.4 Å². The molecule has 0 bridgehead atoms. The van der Waals surface area contributed by atoms with Gasteiger partial charge in [-0.15, -0.1) is 11.8 Å². The summed E-state index contributed by atoms with van der Waals surface area (Å²) in [6.07, 6.45) is 1.69. The summed E-state index contributed by atoms with van der Waals surface area (Å²) in [4.78, 5) is 30.1. The molecule has 0 saturated heterocycles. The van der Waals surface area contributed by atoms with Crippen LogP contribution in [0.5, 0.6) is 5.75 Å². The molecule has 6 nitrogen and oxygen atoms in total. The SMILES string of the molecule is COc1cccc(C(NC(=O)c2ccc3c(c2)NC(=O)CS3)c2ccccn2)c1. The molecule has 146 valence electrons. The molecule has 3 aromatic rings. The minimum atomic E-state index is -0.446. The fourth-order valence-corrected chi connectivity index (χ4v) is 3.92. The van der Waals surface area contributed by atoms with Crippen molar-refractivity contribution in [3.05, 3.63) is 83.7 Å². The lowest BCUT2D eigenvalue weighted by Gasteiger charge is -2.21. The van der Waals surface area contributed by atoms with Crippen LogP contribution in [0.2, 0.25) is 0 Å². The van der Waals surface area contributed by atoms with Crippen LogP contribution in [0, 0.1) is 0 Å². The number of methoxy groups -OCH3 is 1. The van der Waals surface area contributed by atoms with Gasteiger partial charge in [0.25, 0.3) is 5.91 Å². The molecule has 1 aromatic heterocycles. The van der Waals surface area contributed by atoms with E-state index >= 15 is 0 Å². The van der Waals surface area contributed by atoms with E-state index in [1.54, 1.807) is 25.4 Å². The standard InChI is InChI=1S/C22H19N3O3S/c1-28-16-6-4-5-14(11-16)21(17-7-2-3-10-23-17)25-22(27)15-8-9-19-18(12-15)24-20(26)13-29-19/h2-12,21H,13H2,1H3,(H,24,26)(H,25,27). The Morgan fingerprint density at radius 1 is 1.17 bits per heavy atom. The van der Waals surface area contributed by atoms with Crippen molar-refractivity contribution in [1.82, 2.24) is 10.3 Å². The van der Waals surface area contributed by atoms with E-state index in [0.29, 0.717) is 22.8 Å². The zero-order valence-corrected chi connectivity index (χ0v) is 16.5. The van der Waals surface area contributed by atoms with Gasteiger partial charge in [-0.1, -0.05) is 18.2 Å². The third-order valence-electron chi connectivity index (χ3n) is 4.56. The van der Waals surface area contributed by atoms with Crippen LogP contribution < -0.4 is 15.4 Å². The number of hydrogen-bond acceptors (Lipinski definition) is 5. The first kappa shape index (κ1) is 19.0. The van der Waals surface area contributed by atoms with Gasteiger partial charge in [0, 0.05) is 16.7 Å². The number of anilines is 1. The molecular formula is C22H19N3O3S. The smallest absolute Gasteiger partial charge is 0.252 e. The zero-order chi connectivity index (χ0) is 20.2. The molecule has 2 heterocycles. The number of nitrogens with zero attached hydrogens (tertiary/aromatic N) is 1. The molecule has 1 atom stereocenters. The molecule has 0 fully saturated rings. The average Bonchev–Trinajstić information content (AvgIpc) is 2.77. The fourth-order valence-electron chi connectivity index (χ4n) is 3.13. The van der Waals surface area contributed by atoms with E-state index < -0.39 is 6.04 Å². The summed E-state index contributed by atoms with van der Waals surface area (Å²) in [5, 5.41) is 5.88. The maximum absolute atomic E-state index is 13.0. The first-order valence-corrected chi connectivity index (χ1v) is 10.0. The van der Waals surface area contributed by atoms with E-state index in [2.05, 4.69) is 15.6 Å². The lowest BCUT2D eigenvalue weighted by molar-refractivity contribution is -0.113. The summed E-state index contributed by atoms with van der Waals surface area (Å²) in [6, 6.07) is 18.0. The Kier molecular flexibility index (Phi) is 5.48. The number of ether oxygens (including phenoxy) is 1. The van der Waals surface area contributed by atoms with Crippen LogP contribution in [0.3, 0.4) is 0 Å². The van der Waals surface area contributed by atoms with Crippen molar-refractivity contribution < 1.29 is 14.3 Å². The molecular weight excluding hydrogens is 386 g/mol. The van der Waals surface area contributed by atoms with E-state index in [-0.39, 0.29) is 11.8 Å². The van der Waals surface area contributed by atoms with Crippen LogP contribution in [0.15, 0.2) is 71.8 Å². The van der Waals surface area contributed by atoms with Crippen LogP contribution in [-0.2, 0) is 4.79 Å². The summed E-state index contributed by atoms with van der Waals surface area (Å²) < 4.78 is 5.33. The van der Waals surface area contributed by atoms with Gasteiger partial charge in [-0.2, -0.15) is 0 Å². The van der Waals surface area contributed by atoms with E-state index in [0.717, 1.165) is 16.2 Å². The monoisotopic (exact) mass is 405 g/mol. The van der Waals surface area contributed by atoms with Gasteiger partial charge in [0.05, 0.1) is 30.3 Å². The normalized spacial score (nSPS) is 13.8. The zero-order valence-electron chi connectivity index (χ0n) is 15.7.